The molecule has 0 spiro atoms. The van der Waals surface area contributed by atoms with Crippen LogP contribution in [-0.2, 0) is 14.3 Å². The Morgan fingerprint density at radius 2 is 0.898 bits per heavy atom. The number of rotatable bonds is 46. The average molecular weight is 830 g/mol. The minimum atomic E-state index is -0.798. The number of amides is 1. The second kappa shape index (κ2) is 47.1. The van der Waals surface area contributed by atoms with E-state index in [0.29, 0.717) is 19.3 Å². The van der Waals surface area contributed by atoms with Crippen molar-refractivity contribution in [2.24, 2.45) is 0 Å². The first-order valence-corrected chi connectivity index (χ1v) is 25.7. The molecule has 0 aliphatic rings. The van der Waals surface area contributed by atoms with E-state index in [1.54, 1.807) is 0 Å². The number of aliphatic hydroxyl groups is 2. The van der Waals surface area contributed by atoms with Gasteiger partial charge in [0.05, 0.1) is 25.2 Å². The van der Waals surface area contributed by atoms with E-state index < -0.39 is 18.2 Å². The van der Waals surface area contributed by atoms with Gasteiger partial charge in [-0.25, -0.2) is 0 Å². The predicted octanol–water partition coefficient (Wildman–Crippen LogP) is 15.3. The molecule has 0 saturated carbocycles. The van der Waals surface area contributed by atoms with E-state index in [4.69, 9.17) is 4.74 Å². The molecule has 0 heterocycles. The van der Waals surface area contributed by atoms with E-state index in [9.17, 15) is 19.8 Å². The summed E-state index contributed by atoms with van der Waals surface area (Å²) in [6, 6.07) is -0.715. The van der Waals surface area contributed by atoms with Crippen molar-refractivity contribution in [1.82, 2.24) is 5.32 Å². The monoisotopic (exact) mass is 830 g/mol. The number of allylic oxidation sites excluding steroid dienone is 6. The number of ether oxygens (including phenoxy) is 1. The van der Waals surface area contributed by atoms with Gasteiger partial charge < -0.3 is 20.3 Å². The second-order valence-corrected chi connectivity index (χ2v) is 17.6. The minimum Gasteiger partial charge on any atom is -0.462 e. The number of esters is 1. The minimum absolute atomic E-state index is 0.0434. The Morgan fingerprint density at radius 1 is 0.492 bits per heavy atom. The van der Waals surface area contributed by atoms with Crippen LogP contribution in [0.15, 0.2) is 36.5 Å². The molecule has 1 amide bonds. The summed E-state index contributed by atoms with van der Waals surface area (Å²) in [6.45, 7) is 6.44. The highest BCUT2D eigenvalue weighted by Crippen LogP contribution is 2.17. The fourth-order valence-electron chi connectivity index (χ4n) is 7.76. The summed E-state index contributed by atoms with van der Waals surface area (Å²) in [5.74, 6) is -0.526. The SMILES string of the molecule is CCCC/C=C\CCCCCCCC(=O)OC(CCC/C=C/C=C/CCCCCCCCC)CC(=O)NC(CO)C(O)CCCCCCCCCCCCCCCCC. The van der Waals surface area contributed by atoms with Crippen molar-refractivity contribution in [3.63, 3.8) is 0 Å². The third-order valence-corrected chi connectivity index (χ3v) is 11.7. The number of carbonyl (C=O) groups excluding carboxylic acids is 2. The molecule has 59 heavy (non-hydrogen) atoms. The number of aliphatic hydroxyl groups excluding tert-OH is 2. The van der Waals surface area contributed by atoms with Crippen LogP contribution < -0.4 is 5.32 Å². The summed E-state index contributed by atoms with van der Waals surface area (Å²) in [5.41, 5.74) is 0. The van der Waals surface area contributed by atoms with E-state index in [1.165, 1.54) is 154 Å². The Hall–Kier alpha value is -1.92. The third kappa shape index (κ3) is 42.6. The molecule has 0 aliphatic carbocycles. The first-order chi connectivity index (χ1) is 29.0. The molecule has 6 heteroatoms. The lowest BCUT2D eigenvalue weighted by atomic mass is 10.0. The molecule has 0 bridgehead atoms. The Bertz CT molecular complexity index is 977. The van der Waals surface area contributed by atoms with Crippen LogP contribution in [0.5, 0.6) is 0 Å². The zero-order valence-electron chi connectivity index (χ0n) is 39.4. The van der Waals surface area contributed by atoms with Gasteiger partial charge in [-0.3, -0.25) is 9.59 Å². The van der Waals surface area contributed by atoms with Crippen LogP contribution in [0.4, 0.5) is 0 Å². The summed E-state index contributed by atoms with van der Waals surface area (Å²) in [7, 11) is 0. The first kappa shape index (κ1) is 57.1. The zero-order chi connectivity index (χ0) is 43.1. The summed E-state index contributed by atoms with van der Waals surface area (Å²) < 4.78 is 5.89. The van der Waals surface area contributed by atoms with Crippen LogP contribution in [0.1, 0.15) is 265 Å². The molecular weight excluding hydrogens is 731 g/mol. The molecule has 0 saturated heterocycles. The summed E-state index contributed by atoms with van der Waals surface area (Å²) in [5, 5.41) is 23.7. The van der Waals surface area contributed by atoms with E-state index >= 15 is 0 Å². The molecule has 0 aromatic heterocycles. The van der Waals surface area contributed by atoms with E-state index in [0.717, 1.165) is 64.2 Å². The van der Waals surface area contributed by atoms with Crippen molar-refractivity contribution in [2.45, 2.75) is 283 Å². The van der Waals surface area contributed by atoms with Gasteiger partial charge in [-0.05, 0) is 64.2 Å². The number of carbonyl (C=O) groups is 2. The lowest BCUT2D eigenvalue weighted by Gasteiger charge is -2.24. The van der Waals surface area contributed by atoms with E-state index in [2.05, 4.69) is 62.5 Å². The molecule has 0 aromatic rings. The largest absolute Gasteiger partial charge is 0.462 e. The molecule has 3 N–H and O–H groups in total. The van der Waals surface area contributed by atoms with Gasteiger partial charge in [0, 0.05) is 6.42 Å². The number of unbranched alkanes of at least 4 members (excludes halogenated alkanes) is 29. The predicted molar refractivity (Wildman–Crippen MR) is 255 cm³/mol. The molecular formula is C53H99NO5. The van der Waals surface area contributed by atoms with Crippen molar-refractivity contribution in [3.05, 3.63) is 36.5 Å². The number of nitrogens with one attached hydrogen (secondary N) is 1. The lowest BCUT2D eigenvalue weighted by Crippen LogP contribution is -2.46. The highest BCUT2D eigenvalue weighted by Gasteiger charge is 2.24. The molecule has 3 atom stereocenters. The Kier molecular flexibility index (Phi) is 45.6. The molecule has 0 aromatic carbocycles. The summed E-state index contributed by atoms with van der Waals surface area (Å²) in [6.07, 6.45) is 54.9. The van der Waals surface area contributed by atoms with Crippen molar-refractivity contribution in [3.8, 4) is 0 Å². The van der Waals surface area contributed by atoms with Gasteiger partial charge >= 0.3 is 5.97 Å². The molecule has 0 rings (SSSR count). The van der Waals surface area contributed by atoms with Crippen molar-refractivity contribution in [1.29, 1.82) is 0 Å². The average Bonchev–Trinajstić information content (AvgIpc) is 3.23. The van der Waals surface area contributed by atoms with Gasteiger partial charge in [0.2, 0.25) is 5.91 Å². The summed E-state index contributed by atoms with van der Waals surface area (Å²) >= 11 is 0. The second-order valence-electron chi connectivity index (χ2n) is 17.6. The Morgan fingerprint density at radius 3 is 1.39 bits per heavy atom. The van der Waals surface area contributed by atoms with Gasteiger partial charge in [-0.1, -0.05) is 224 Å². The van der Waals surface area contributed by atoms with Crippen LogP contribution >= 0.6 is 0 Å². The molecule has 0 aliphatic heterocycles. The highest BCUT2D eigenvalue weighted by atomic mass is 16.5. The maximum atomic E-state index is 13.2. The quantitative estimate of drug-likeness (QED) is 0.0246. The Labute approximate surface area is 366 Å². The van der Waals surface area contributed by atoms with Crippen LogP contribution in [0, 0.1) is 0 Å². The number of hydrogen-bond donors (Lipinski definition) is 3. The van der Waals surface area contributed by atoms with Gasteiger partial charge in [0.25, 0.3) is 0 Å². The fraction of sp³-hybridized carbons (Fsp3) is 0.849. The van der Waals surface area contributed by atoms with Crippen molar-refractivity contribution >= 4 is 11.9 Å². The maximum absolute atomic E-state index is 13.2. The smallest absolute Gasteiger partial charge is 0.306 e. The van der Waals surface area contributed by atoms with Gasteiger partial charge in [0.1, 0.15) is 6.10 Å². The molecule has 0 radical (unpaired) electrons. The van der Waals surface area contributed by atoms with Crippen LogP contribution in [0.25, 0.3) is 0 Å². The standard InChI is InChI=1S/C53H99NO5/c1-4-7-10-13-16-19-22-24-26-28-31-33-36-39-42-45-51(56)50(48-55)54-52(57)47-49(44-41-38-35-32-30-27-25-23-20-17-14-11-8-5-2)59-53(58)46-43-40-37-34-29-21-18-15-12-9-6-3/h15,18,27,30,32,35,49-51,55-56H,4-14,16-17,19-26,28-29,31,33-34,36-48H2,1-3H3,(H,54,57)/b18-15-,30-27+,35-32+. The number of hydrogen-bond acceptors (Lipinski definition) is 5. The highest BCUT2D eigenvalue weighted by molar-refractivity contribution is 5.77. The first-order valence-electron chi connectivity index (χ1n) is 25.7. The third-order valence-electron chi connectivity index (χ3n) is 11.7. The normalized spacial score (nSPS) is 13.5. The van der Waals surface area contributed by atoms with Gasteiger partial charge in [-0.15, -0.1) is 0 Å². The molecule has 0 fully saturated rings. The van der Waals surface area contributed by atoms with Crippen LogP contribution in [0.2, 0.25) is 0 Å². The van der Waals surface area contributed by atoms with E-state index in [1.807, 2.05) is 0 Å². The van der Waals surface area contributed by atoms with Crippen LogP contribution in [0.3, 0.4) is 0 Å². The zero-order valence-corrected chi connectivity index (χ0v) is 39.4. The summed E-state index contributed by atoms with van der Waals surface area (Å²) in [4.78, 5) is 26.1. The molecule has 3 unspecified atom stereocenters. The van der Waals surface area contributed by atoms with E-state index in [-0.39, 0.29) is 24.9 Å². The lowest BCUT2D eigenvalue weighted by molar-refractivity contribution is -0.151. The Balaban J connectivity index is 4.60. The topological polar surface area (TPSA) is 95.9 Å². The van der Waals surface area contributed by atoms with Crippen molar-refractivity contribution in [2.75, 3.05) is 6.61 Å². The van der Waals surface area contributed by atoms with Crippen molar-refractivity contribution < 1.29 is 24.5 Å². The molecule has 346 valence electrons. The van der Waals surface area contributed by atoms with Gasteiger partial charge in [0.15, 0.2) is 0 Å². The molecule has 6 nitrogen and oxygen atoms in total. The van der Waals surface area contributed by atoms with Crippen LogP contribution in [-0.4, -0.2) is 46.9 Å². The fourth-order valence-corrected chi connectivity index (χ4v) is 7.76. The van der Waals surface area contributed by atoms with Gasteiger partial charge in [-0.2, -0.15) is 0 Å². The maximum Gasteiger partial charge on any atom is 0.306 e.